The molecule has 1 amide bonds. The van der Waals surface area contributed by atoms with Crippen LogP contribution < -0.4 is 10.1 Å². The van der Waals surface area contributed by atoms with Crippen molar-refractivity contribution in [3.8, 4) is 6.07 Å². The number of rotatable bonds is 6. The molecule has 0 aliphatic heterocycles. The Balaban J connectivity index is 1.92. The van der Waals surface area contributed by atoms with Crippen LogP contribution in [0.4, 0.5) is 0 Å². The minimum absolute atomic E-state index is 0.0789. The molecule has 25 heavy (non-hydrogen) atoms. The van der Waals surface area contributed by atoms with Crippen molar-refractivity contribution in [2.75, 3.05) is 6.54 Å². The second-order valence-corrected chi connectivity index (χ2v) is 6.94. The molecule has 0 bridgehead atoms. The van der Waals surface area contributed by atoms with E-state index in [9.17, 15) is 13.2 Å². The summed E-state index contributed by atoms with van der Waals surface area (Å²) in [6.07, 6.45) is 1.40. The van der Waals surface area contributed by atoms with Crippen LogP contribution in [0.1, 0.15) is 17.0 Å². The third-order valence-corrected chi connectivity index (χ3v) is 4.98. The fourth-order valence-corrected chi connectivity index (χ4v) is 3.02. The lowest BCUT2D eigenvalue weighted by atomic mass is 10.3. The maximum absolute atomic E-state index is 12.0. The van der Waals surface area contributed by atoms with Crippen molar-refractivity contribution < 1.29 is 13.2 Å². The van der Waals surface area contributed by atoms with Crippen LogP contribution in [0.2, 0.25) is 0 Å². The lowest BCUT2D eigenvalue weighted by Crippen LogP contribution is -2.34. The van der Waals surface area contributed by atoms with Crippen LogP contribution >= 0.6 is 0 Å². The summed E-state index contributed by atoms with van der Waals surface area (Å²) in [6.45, 7) is 1.38. The average molecular weight is 359 g/mol. The van der Waals surface area contributed by atoms with Gasteiger partial charge in [0.05, 0.1) is 17.7 Å². The zero-order valence-corrected chi connectivity index (χ0v) is 14.5. The van der Waals surface area contributed by atoms with Crippen molar-refractivity contribution in [3.05, 3.63) is 53.3 Å². The molecule has 130 valence electrons. The van der Waals surface area contributed by atoms with Gasteiger partial charge < -0.3 is 4.57 Å². The first kappa shape index (κ1) is 18.4. The number of hydrazone groups is 1. The van der Waals surface area contributed by atoms with E-state index in [0.29, 0.717) is 11.3 Å². The maximum atomic E-state index is 12.0. The van der Waals surface area contributed by atoms with Crippen molar-refractivity contribution in [2.45, 2.75) is 11.8 Å². The Morgan fingerprint density at radius 1 is 1.36 bits per heavy atom. The molecule has 2 aromatic rings. The zero-order chi connectivity index (χ0) is 18.4. The Morgan fingerprint density at radius 3 is 2.64 bits per heavy atom. The molecule has 0 aliphatic rings. The zero-order valence-electron chi connectivity index (χ0n) is 13.7. The third-order valence-electron chi connectivity index (χ3n) is 3.56. The van der Waals surface area contributed by atoms with Crippen molar-refractivity contribution in [3.63, 3.8) is 0 Å². The lowest BCUT2D eigenvalue weighted by Gasteiger charge is -2.05. The Bertz CT molecular complexity index is 940. The molecule has 8 nitrogen and oxygen atoms in total. The molecule has 1 heterocycles. The van der Waals surface area contributed by atoms with Gasteiger partial charge >= 0.3 is 0 Å². The molecule has 2 N–H and O–H groups in total. The number of amides is 1. The maximum Gasteiger partial charge on any atom is 0.255 e. The van der Waals surface area contributed by atoms with Gasteiger partial charge in [0.25, 0.3) is 5.91 Å². The average Bonchev–Trinajstić information content (AvgIpc) is 2.89. The highest BCUT2D eigenvalue weighted by Crippen LogP contribution is 2.10. The summed E-state index contributed by atoms with van der Waals surface area (Å²) >= 11 is 0. The third kappa shape index (κ3) is 4.53. The molecule has 0 saturated carbocycles. The van der Waals surface area contributed by atoms with Crippen molar-refractivity contribution >= 4 is 22.1 Å². The Hall–Kier alpha value is -2.96. The molecule has 2 rings (SSSR count). The van der Waals surface area contributed by atoms with Crippen LogP contribution in [0, 0.1) is 18.3 Å². The SMILES string of the molecule is Cc1c(/C=N\NC(=O)CNS(=O)(=O)c2ccccc2)cc(C#N)n1C. The van der Waals surface area contributed by atoms with Gasteiger partial charge in [-0.15, -0.1) is 0 Å². The molecule has 0 aliphatic carbocycles. The number of benzene rings is 1. The summed E-state index contributed by atoms with van der Waals surface area (Å²) in [6, 6.07) is 11.4. The summed E-state index contributed by atoms with van der Waals surface area (Å²) in [5.74, 6) is -0.607. The van der Waals surface area contributed by atoms with Gasteiger partial charge in [-0.25, -0.2) is 18.6 Å². The van der Waals surface area contributed by atoms with Crippen LogP contribution in [-0.2, 0) is 21.9 Å². The van der Waals surface area contributed by atoms with Gasteiger partial charge in [0.2, 0.25) is 10.0 Å². The molecule has 0 fully saturated rings. The predicted octanol–water partition coefficient (Wildman–Crippen LogP) is 0.634. The summed E-state index contributed by atoms with van der Waals surface area (Å²) < 4.78 is 27.9. The van der Waals surface area contributed by atoms with Gasteiger partial charge in [0.15, 0.2) is 0 Å². The van der Waals surface area contributed by atoms with Crippen LogP contribution in [0.15, 0.2) is 46.4 Å². The molecule has 0 atom stereocenters. The van der Waals surface area contributed by atoms with E-state index in [-0.39, 0.29) is 4.90 Å². The van der Waals surface area contributed by atoms with Crippen LogP contribution in [0.3, 0.4) is 0 Å². The fourth-order valence-electron chi connectivity index (χ4n) is 2.02. The number of nitrogens with zero attached hydrogens (tertiary/aromatic N) is 3. The lowest BCUT2D eigenvalue weighted by molar-refractivity contribution is -0.119. The Labute approximate surface area is 145 Å². The van der Waals surface area contributed by atoms with Gasteiger partial charge in [-0.1, -0.05) is 18.2 Å². The molecule has 0 unspecified atom stereocenters. The summed E-state index contributed by atoms with van der Waals surface area (Å²) in [4.78, 5) is 11.8. The summed E-state index contributed by atoms with van der Waals surface area (Å²) in [5, 5.41) is 12.7. The molecule has 9 heteroatoms. The number of hydrogen-bond donors (Lipinski definition) is 2. The number of nitrogens with one attached hydrogen (secondary N) is 2. The molecular weight excluding hydrogens is 342 g/mol. The highest BCUT2D eigenvalue weighted by molar-refractivity contribution is 7.89. The largest absolute Gasteiger partial charge is 0.339 e. The first-order valence-electron chi connectivity index (χ1n) is 7.28. The normalized spacial score (nSPS) is 11.4. The van der Waals surface area contributed by atoms with Crippen LogP contribution in [-0.4, -0.2) is 31.7 Å². The van der Waals surface area contributed by atoms with Crippen molar-refractivity contribution in [1.82, 2.24) is 14.7 Å². The van der Waals surface area contributed by atoms with Gasteiger partial charge in [-0.2, -0.15) is 10.4 Å². The van der Waals surface area contributed by atoms with E-state index in [1.165, 1.54) is 18.3 Å². The van der Waals surface area contributed by atoms with E-state index in [2.05, 4.69) is 15.2 Å². The molecule has 0 spiro atoms. The van der Waals surface area contributed by atoms with Crippen molar-refractivity contribution in [2.24, 2.45) is 12.1 Å². The fraction of sp³-hybridized carbons (Fsp3) is 0.188. The van der Waals surface area contributed by atoms with Gasteiger partial charge in [0, 0.05) is 18.3 Å². The van der Waals surface area contributed by atoms with E-state index in [0.717, 1.165) is 5.69 Å². The molecule has 0 radical (unpaired) electrons. The van der Waals surface area contributed by atoms with Gasteiger partial charge in [0.1, 0.15) is 11.8 Å². The van der Waals surface area contributed by atoms with E-state index in [4.69, 9.17) is 5.26 Å². The van der Waals surface area contributed by atoms with E-state index in [1.807, 2.05) is 13.0 Å². The Kier molecular flexibility index (Phi) is 5.69. The number of hydrogen-bond acceptors (Lipinski definition) is 5. The summed E-state index contributed by atoms with van der Waals surface area (Å²) in [5.41, 5.74) is 4.22. The minimum atomic E-state index is -3.75. The van der Waals surface area contributed by atoms with Gasteiger partial charge in [-0.3, -0.25) is 4.79 Å². The van der Waals surface area contributed by atoms with E-state index in [1.54, 1.807) is 35.9 Å². The minimum Gasteiger partial charge on any atom is -0.339 e. The number of nitriles is 1. The summed E-state index contributed by atoms with van der Waals surface area (Å²) in [7, 11) is -1.99. The van der Waals surface area contributed by atoms with E-state index >= 15 is 0 Å². The Morgan fingerprint density at radius 2 is 2.04 bits per heavy atom. The second-order valence-electron chi connectivity index (χ2n) is 5.17. The predicted molar refractivity (Wildman–Crippen MR) is 92.2 cm³/mol. The topological polar surface area (TPSA) is 116 Å². The monoisotopic (exact) mass is 359 g/mol. The number of carbonyl (C=O) groups is 1. The molecule has 1 aromatic heterocycles. The number of aromatic nitrogens is 1. The highest BCUT2D eigenvalue weighted by Gasteiger charge is 2.14. The smallest absolute Gasteiger partial charge is 0.255 e. The van der Waals surface area contributed by atoms with Gasteiger partial charge in [-0.05, 0) is 25.1 Å². The quantitative estimate of drug-likeness (QED) is 0.581. The molecular formula is C16H17N5O3S. The van der Waals surface area contributed by atoms with Crippen molar-refractivity contribution in [1.29, 1.82) is 5.26 Å². The standard InChI is InChI=1S/C16H17N5O3S/c1-12-13(8-14(9-17)21(12)2)10-18-20-16(22)11-19-25(23,24)15-6-4-3-5-7-15/h3-8,10,19H,11H2,1-2H3,(H,20,22)/b18-10-. The molecule has 0 saturated heterocycles. The molecule has 1 aromatic carbocycles. The van der Waals surface area contributed by atoms with Crippen LogP contribution in [0.25, 0.3) is 0 Å². The number of carbonyl (C=O) groups excluding carboxylic acids is 1. The number of sulfonamides is 1. The first-order valence-corrected chi connectivity index (χ1v) is 8.76. The second kappa shape index (κ2) is 7.74. The first-order chi connectivity index (χ1) is 11.8. The van der Waals surface area contributed by atoms with E-state index < -0.39 is 22.5 Å². The highest BCUT2D eigenvalue weighted by atomic mass is 32.2. The van der Waals surface area contributed by atoms with Crippen LogP contribution in [0.5, 0.6) is 0 Å².